The van der Waals surface area contributed by atoms with Crippen LogP contribution in [0.5, 0.6) is 0 Å². The minimum Gasteiger partial charge on any atom is -0.389 e. The summed E-state index contributed by atoms with van der Waals surface area (Å²) in [5.41, 5.74) is 6.57. The second-order valence-electron chi connectivity index (χ2n) is 4.84. The van der Waals surface area contributed by atoms with Crippen molar-refractivity contribution in [1.29, 1.82) is 0 Å². The Kier molecular flexibility index (Phi) is 4.30. The molecule has 1 aromatic rings. The Balaban J connectivity index is 2.17. The minimum absolute atomic E-state index is 0.128. The molecule has 18 heavy (non-hydrogen) atoms. The fourth-order valence-electron chi connectivity index (χ4n) is 2.23. The van der Waals surface area contributed by atoms with Crippen molar-refractivity contribution >= 4 is 17.2 Å². The molecule has 0 unspecified atom stereocenters. The van der Waals surface area contributed by atoms with Gasteiger partial charge in [0.2, 0.25) is 0 Å². The van der Waals surface area contributed by atoms with Crippen molar-refractivity contribution < 1.29 is 4.39 Å². The van der Waals surface area contributed by atoms with Crippen LogP contribution in [0, 0.1) is 5.82 Å². The van der Waals surface area contributed by atoms with E-state index in [4.69, 9.17) is 18.0 Å². The SMILES string of the molecule is CCCN(Cc1cccc(C(N)=S)c1F)C1CC1. The van der Waals surface area contributed by atoms with Gasteiger partial charge in [0.25, 0.3) is 0 Å². The molecule has 0 aromatic heterocycles. The van der Waals surface area contributed by atoms with Gasteiger partial charge in [-0.3, -0.25) is 4.90 Å². The van der Waals surface area contributed by atoms with Crippen LogP contribution in [0.1, 0.15) is 37.3 Å². The van der Waals surface area contributed by atoms with E-state index in [1.807, 2.05) is 12.1 Å². The summed E-state index contributed by atoms with van der Waals surface area (Å²) in [6.07, 6.45) is 3.56. The van der Waals surface area contributed by atoms with Gasteiger partial charge in [-0.2, -0.15) is 0 Å². The molecule has 0 aliphatic heterocycles. The Labute approximate surface area is 113 Å². The molecule has 1 fully saturated rings. The van der Waals surface area contributed by atoms with Crippen molar-refractivity contribution in [2.45, 2.75) is 38.8 Å². The summed E-state index contributed by atoms with van der Waals surface area (Å²) >= 11 is 4.86. The molecule has 0 bridgehead atoms. The maximum absolute atomic E-state index is 14.2. The van der Waals surface area contributed by atoms with E-state index in [1.54, 1.807) is 6.07 Å². The van der Waals surface area contributed by atoms with Crippen LogP contribution in [0.4, 0.5) is 4.39 Å². The van der Waals surface area contributed by atoms with Gasteiger partial charge in [0.15, 0.2) is 0 Å². The zero-order valence-electron chi connectivity index (χ0n) is 10.7. The van der Waals surface area contributed by atoms with Crippen LogP contribution in [0.15, 0.2) is 18.2 Å². The predicted octanol–water partition coefficient (Wildman–Crippen LogP) is 2.83. The molecule has 1 aromatic carbocycles. The van der Waals surface area contributed by atoms with Gasteiger partial charge in [-0.15, -0.1) is 0 Å². The monoisotopic (exact) mass is 266 g/mol. The van der Waals surface area contributed by atoms with Gasteiger partial charge in [-0.1, -0.05) is 31.3 Å². The number of hydrogen-bond donors (Lipinski definition) is 1. The summed E-state index contributed by atoms with van der Waals surface area (Å²) < 4.78 is 14.2. The van der Waals surface area contributed by atoms with Crippen molar-refractivity contribution in [1.82, 2.24) is 4.90 Å². The van der Waals surface area contributed by atoms with Gasteiger partial charge in [-0.25, -0.2) is 4.39 Å². The highest BCUT2D eigenvalue weighted by Crippen LogP contribution is 2.29. The van der Waals surface area contributed by atoms with Gasteiger partial charge in [0, 0.05) is 23.7 Å². The van der Waals surface area contributed by atoms with E-state index >= 15 is 0 Å². The van der Waals surface area contributed by atoms with Crippen LogP contribution in [0.3, 0.4) is 0 Å². The smallest absolute Gasteiger partial charge is 0.137 e. The summed E-state index contributed by atoms with van der Waals surface area (Å²) in [6.45, 7) is 3.82. The standard InChI is InChI=1S/C14H19FN2S/c1-2-8-17(11-6-7-11)9-10-4-3-5-12(13(10)15)14(16)18/h3-5,11H,2,6-9H2,1H3,(H2,16,18). The van der Waals surface area contributed by atoms with Crippen LogP contribution in [-0.2, 0) is 6.54 Å². The molecular weight excluding hydrogens is 247 g/mol. The highest BCUT2D eigenvalue weighted by atomic mass is 32.1. The molecule has 98 valence electrons. The molecule has 2 nitrogen and oxygen atoms in total. The number of thiocarbonyl (C=S) groups is 1. The number of halogens is 1. The summed E-state index contributed by atoms with van der Waals surface area (Å²) in [5.74, 6) is -0.258. The van der Waals surface area contributed by atoms with Gasteiger partial charge >= 0.3 is 0 Å². The number of benzene rings is 1. The first-order chi connectivity index (χ1) is 8.63. The third kappa shape index (κ3) is 3.06. The van der Waals surface area contributed by atoms with Crippen LogP contribution in [0.25, 0.3) is 0 Å². The molecule has 1 aliphatic carbocycles. The third-order valence-corrected chi connectivity index (χ3v) is 3.51. The molecule has 2 rings (SSSR count). The van der Waals surface area contributed by atoms with E-state index in [0.717, 1.165) is 13.0 Å². The molecule has 0 saturated heterocycles. The van der Waals surface area contributed by atoms with Crippen molar-refractivity contribution in [2.75, 3.05) is 6.54 Å². The lowest BCUT2D eigenvalue weighted by molar-refractivity contribution is 0.252. The fourth-order valence-corrected chi connectivity index (χ4v) is 2.39. The molecule has 0 atom stereocenters. The molecule has 0 radical (unpaired) electrons. The molecule has 1 aliphatic rings. The van der Waals surface area contributed by atoms with E-state index in [0.29, 0.717) is 23.7 Å². The van der Waals surface area contributed by atoms with E-state index in [1.165, 1.54) is 12.8 Å². The summed E-state index contributed by atoms with van der Waals surface area (Å²) in [5, 5.41) is 0. The molecule has 0 heterocycles. The van der Waals surface area contributed by atoms with Gasteiger partial charge in [0.1, 0.15) is 10.8 Å². The zero-order chi connectivity index (χ0) is 13.1. The largest absolute Gasteiger partial charge is 0.389 e. The minimum atomic E-state index is -0.258. The normalized spacial score (nSPS) is 15.1. The molecule has 4 heteroatoms. The predicted molar refractivity (Wildman–Crippen MR) is 76.0 cm³/mol. The zero-order valence-corrected chi connectivity index (χ0v) is 11.5. The van der Waals surface area contributed by atoms with Crippen molar-refractivity contribution in [2.24, 2.45) is 5.73 Å². The van der Waals surface area contributed by atoms with E-state index in [2.05, 4.69) is 11.8 Å². The molecule has 1 saturated carbocycles. The van der Waals surface area contributed by atoms with E-state index in [-0.39, 0.29) is 10.8 Å². The van der Waals surface area contributed by atoms with Gasteiger partial charge in [-0.05, 0) is 31.9 Å². The molecular formula is C14H19FN2S. The fraction of sp³-hybridized carbons (Fsp3) is 0.500. The van der Waals surface area contributed by atoms with Crippen molar-refractivity contribution in [3.05, 3.63) is 35.1 Å². The molecule has 0 amide bonds. The van der Waals surface area contributed by atoms with Gasteiger partial charge < -0.3 is 5.73 Å². The first-order valence-corrected chi connectivity index (χ1v) is 6.85. The van der Waals surface area contributed by atoms with Crippen LogP contribution >= 0.6 is 12.2 Å². The average molecular weight is 266 g/mol. The second kappa shape index (κ2) is 5.76. The van der Waals surface area contributed by atoms with Gasteiger partial charge in [0.05, 0.1) is 0 Å². The maximum Gasteiger partial charge on any atom is 0.137 e. The Bertz CT molecular complexity index is 443. The number of hydrogen-bond acceptors (Lipinski definition) is 2. The quantitative estimate of drug-likeness (QED) is 0.803. The third-order valence-electron chi connectivity index (χ3n) is 3.29. The lowest BCUT2D eigenvalue weighted by Crippen LogP contribution is -2.27. The first kappa shape index (κ1) is 13.4. The number of nitrogens with two attached hydrogens (primary N) is 1. The first-order valence-electron chi connectivity index (χ1n) is 6.44. The topological polar surface area (TPSA) is 29.3 Å². The van der Waals surface area contributed by atoms with E-state index in [9.17, 15) is 4.39 Å². The Morgan fingerprint density at radius 2 is 2.22 bits per heavy atom. The highest BCUT2D eigenvalue weighted by molar-refractivity contribution is 7.80. The second-order valence-corrected chi connectivity index (χ2v) is 5.28. The summed E-state index contributed by atoms with van der Waals surface area (Å²) in [7, 11) is 0. The van der Waals surface area contributed by atoms with Crippen LogP contribution in [-0.4, -0.2) is 22.5 Å². The highest BCUT2D eigenvalue weighted by Gasteiger charge is 2.28. The van der Waals surface area contributed by atoms with Crippen LogP contribution < -0.4 is 5.73 Å². The summed E-state index contributed by atoms with van der Waals surface area (Å²) in [4.78, 5) is 2.48. The number of nitrogens with zero attached hydrogens (tertiary/aromatic N) is 1. The number of rotatable bonds is 6. The van der Waals surface area contributed by atoms with Crippen molar-refractivity contribution in [3.63, 3.8) is 0 Å². The van der Waals surface area contributed by atoms with Crippen LogP contribution in [0.2, 0.25) is 0 Å². The molecule has 0 spiro atoms. The Hall–Kier alpha value is -1.00. The lowest BCUT2D eigenvalue weighted by atomic mass is 10.1. The lowest BCUT2D eigenvalue weighted by Gasteiger charge is -2.22. The van der Waals surface area contributed by atoms with E-state index < -0.39 is 0 Å². The Morgan fingerprint density at radius 1 is 1.50 bits per heavy atom. The average Bonchev–Trinajstić information content (AvgIpc) is 3.14. The maximum atomic E-state index is 14.2. The van der Waals surface area contributed by atoms with Crippen molar-refractivity contribution in [3.8, 4) is 0 Å². The molecule has 2 N–H and O–H groups in total. The Morgan fingerprint density at radius 3 is 2.78 bits per heavy atom. The summed E-state index contributed by atoms with van der Waals surface area (Å²) in [6, 6.07) is 5.92.